The molecule has 0 N–H and O–H groups in total. The van der Waals surface area contributed by atoms with Gasteiger partial charge in [-0.2, -0.15) is 0 Å². The summed E-state index contributed by atoms with van der Waals surface area (Å²) in [5.74, 6) is 0.764. The number of methoxy groups -OCH3 is 1. The molecule has 0 bridgehead atoms. The molecule has 0 aromatic heterocycles. The lowest BCUT2D eigenvalue weighted by Gasteiger charge is -1.96. The van der Waals surface area contributed by atoms with Crippen LogP contribution in [-0.4, -0.2) is 13.0 Å². The fourth-order valence-corrected chi connectivity index (χ4v) is 0.612. The monoisotopic (exact) mass is 123 g/mol. The Morgan fingerprint density at radius 2 is 2.44 bits per heavy atom. The molecule has 1 rings (SSSR count). The van der Waals surface area contributed by atoms with Crippen molar-refractivity contribution in [1.82, 2.24) is 0 Å². The van der Waals surface area contributed by atoms with Crippen LogP contribution in [0.4, 0.5) is 0 Å². The van der Waals surface area contributed by atoms with E-state index in [4.69, 9.17) is 4.74 Å². The van der Waals surface area contributed by atoms with E-state index in [2.05, 4.69) is 4.99 Å². The van der Waals surface area contributed by atoms with E-state index in [1.807, 2.05) is 18.2 Å². The molecule has 0 fully saturated rings. The summed E-state index contributed by atoms with van der Waals surface area (Å²) in [6.07, 6.45) is 8.36. The summed E-state index contributed by atoms with van der Waals surface area (Å²) in [6, 6.07) is 0. The summed E-state index contributed by atoms with van der Waals surface area (Å²) in [4.78, 5) is 3.99. The summed E-state index contributed by atoms with van der Waals surface area (Å²) in [7, 11) is 1.63. The number of allylic oxidation sites excluding steroid dienone is 2. The van der Waals surface area contributed by atoms with E-state index in [1.165, 1.54) is 0 Å². The zero-order valence-corrected chi connectivity index (χ0v) is 5.37. The van der Waals surface area contributed by atoms with Crippen molar-refractivity contribution in [2.45, 2.75) is 6.42 Å². The highest BCUT2D eigenvalue weighted by molar-refractivity contribution is 5.78. The van der Waals surface area contributed by atoms with Crippen LogP contribution in [0, 0.1) is 0 Å². The van der Waals surface area contributed by atoms with E-state index in [9.17, 15) is 0 Å². The van der Waals surface area contributed by atoms with Crippen molar-refractivity contribution in [3.8, 4) is 0 Å². The van der Waals surface area contributed by atoms with E-state index in [0.717, 1.165) is 12.3 Å². The lowest BCUT2D eigenvalue weighted by atomic mass is 10.4. The predicted octanol–water partition coefficient (Wildman–Crippen LogP) is 1.50. The predicted molar refractivity (Wildman–Crippen MR) is 37.3 cm³/mol. The van der Waals surface area contributed by atoms with Gasteiger partial charge in [0.1, 0.15) is 0 Å². The minimum atomic E-state index is 0.764. The molecule has 48 valence electrons. The van der Waals surface area contributed by atoms with Gasteiger partial charge in [0.05, 0.1) is 7.11 Å². The Hall–Kier alpha value is -1.05. The summed E-state index contributed by atoms with van der Waals surface area (Å²) in [6.45, 7) is 0. The highest BCUT2D eigenvalue weighted by Gasteiger charge is 1.92. The Bertz CT molecular complexity index is 168. The second kappa shape index (κ2) is 3.07. The molecule has 0 spiro atoms. The first-order chi connectivity index (χ1) is 4.43. The second-order valence-corrected chi connectivity index (χ2v) is 1.70. The minimum absolute atomic E-state index is 0.764. The van der Waals surface area contributed by atoms with Gasteiger partial charge in [-0.25, -0.2) is 4.99 Å². The molecule has 0 saturated heterocycles. The zero-order chi connectivity index (χ0) is 6.53. The molecule has 0 saturated carbocycles. The molecule has 2 nitrogen and oxygen atoms in total. The number of rotatable bonds is 0. The van der Waals surface area contributed by atoms with E-state index in [-0.39, 0.29) is 0 Å². The SMILES string of the molecule is COC1=NC=CC=CC1. The van der Waals surface area contributed by atoms with Crippen LogP contribution in [0.2, 0.25) is 0 Å². The van der Waals surface area contributed by atoms with E-state index in [0.29, 0.717) is 0 Å². The maximum atomic E-state index is 4.92. The van der Waals surface area contributed by atoms with Crippen molar-refractivity contribution >= 4 is 5.90 Å². The Kier molecular flexibility index (Phi) is 2.07. The molecule has 0 radical (unpaired) electrons. The molecule has 9 heavy (non-hydrogen) atoms. The molecule has 0 unspecified atom stereocenters. The van der Waals surface area contributed by atoms with E-state index >= 15 is 0 Å². The van der Waals surface area contributed by atoms with Crippen LogP contribution in [0.25, 0.3) is 0 Å². The first kappa shape index (κ1) is 6.08. The topological polar surface area (TPSA) is 21.6 Å². The van der Waals surface area contributed by atoms with Gasteiger partial charge < -0.3 is 4.74 Å². The van der Waals surface area contributed by atoms with Gasteiger partial charge in [-0.15, -0.1) is 0 Å². The molecule has 1 aliphatic rings. The third-order valence-electron chi connectivity index (χ3n) is 1.08. The Balaban J connectivity index is 2.62. The number of ether oxygens (including phenoxy) is 1. The van der Waals surface area contributed by atoms with Crippen molar-refractivity contribution in [2.24, 2.45) is 4.99 Å². The lowest BCUT2D eigenvalue weighted by molar-refractivity contribution is 0.395. The Morgan fingerprint density at radius 1 is 1.56 bits per heavy atom. The van der Waals surface area contributed by atoms with Crippen molar-refractivity contribution in [1.29, 1.82) is 0 Å². The van der Waals surface area contributed by atoms with Crippen LogP contribution >= 0.6 is 0 Å². The van der Waals surface area contributed by atoms with Crippen molar-refractivity contribution in [2.75, 3.05) is 7.11 Å². The number of nitrogens with zero attached hydrogens (tertiary/aromatic N) is 1. The van der Waals surface area contributed by atoms with Gasteiger partial charge in [-0.05, 0) is 6.08 Å². The highest BCUT2D eigenvalue weighted by Crippen LogP contribution is 1.96. The second-order valence-electron chi connectivity index (χ2n) is 1.70. The molecule has 0 atom stereocenters. The average Bonchev–Trinajstić information content (AvgIpc) is 2.13. The molecule has 0 aromatic rings. The maximum absolute atomic E-state index is 4.92. The molecule has 0 aromatic carbocycles. The number of hydrogen-bond donors (Lipinski definition) is 0. The molecular weight excluding hydrogens is 114 g/mol. The number of hydrogen-bond acceptors (Lipinski definition) is 2. The first-order valence-corrected chi connectivity index (χ1v) is 2.86. The smallest absolute Gasteiger partial charge is 0.191 e. The van der Waals surface area contributed by atoms with Crippen LogP contribution in [-0.2, 0) is 4.74 Å². The molecule has 0 amide bonds. The van der Waals surface area contributed by atoms with Gasteiger partial charge in [0.2, 0.25) is 0 Å². The average molecular weight is 123 g/mol. The Labute approximate surface area is 54.6 Å². The van der Waals surface area contributed by atoms with Crippen molar-refractivity contribution < 1.29 is 4.74 Å². The third-order valence-corrected chi connectivity index (χ3v) is 1.08. The maximum Gasteiger partial charge on any atom is 0.191 e. The van der Waals surface area contributed by atoms with Gasteiger partial charge in [-0.3, -0.25) is 0 Å². The van der Waals surface area contributed by atoms with Gasteiger partial charge >= 0.3 is 0 Å². The number of aliphatic imine (C=N–C) groups is 1. The molecule has 1 aliphatic heterocycles. The van der Waals surface area contributed by atoms with Crippen LogP contribution in [0.15, 0.2) is 29.4 Å². The van der Waals surface area contributed by atoms with Crippen LogP contribution < -0.4 is 0 Å². The van der Waals surface area contributed by atoms with Crippen LogP contribution in [0.5, 0.6) is 0 Å². The van der Waals surface area contributed by atoms with Crippen LogP contribution in [0.3, 0.4) is 0 Å². The lowest BCUT2D eigenvalue weighted by Crippen LogP contribution is -1.96. The van der Waals surface area contributed by atoms with Crippen LogP contribution in [0.1, 0.15) is 6.42 Å². The summed E-state index contributed by atoms with van der Waals surface area (Å²) >= 11 is 0. The van der Waals surface area contributed by atoms with Crippen molar-refractivity contribution in [3.05, 3.63) is 24.4 Å². The molecule has 0 aliphatic carbocycles. The normalized spacial score (nSPS) is 16.8. The largest absolute Gasteiger partial charge is 0.484 e. The highest BCUT2D eigenvalue weighted by atomic mass is 16.5. The van der Waals surface area contributed by atoms with Gasteiger partial charge in [0, 0.05) is 12.6 Å². The van der Waals surface area contributed by atoms with E-state index < -0.39 is 0 Å². The fourth-order valence-electron chi connectivity index (χ4n) is 0.612. The summed E-state index contributed by atoms with van der Waals surface area (Å²) in [5, 5.41) is 0. The summed E-state index contributed by atoms with van der Waals surface area (Å²) in [5.41, 5.74) is 0. The van der Waals surface area contributed by atoms with Gasteiger partial charge in [0.15, 0.2) is 5.90 Å². The standard InChI is InChI=1S/C7H9NO/c1-9-7-5-3-2-4-6-8-7/h2-4,6H,5H2,1H3. The van der Waals surface area contributed by atoms with Gasteiger partial charge in [0.25, 0.3) is 0 Å². The third kappa shape index (κ3) is 1.72. The summed E-state index contributed by atoms with van der Waals surface area (Å²) < 4.78 is 4.92. The molecule has 1 heterocycles. The molecule has 2 heteroatoms. The van der Waals surface area contributed by atoms with Gasteiger partial charge in [-0.1, -0.05) is 12.2 Å². The Morgan fingerprint density at radius 3 is 3.22 bits per heavy atom. The first-order valence-electron chi connectivity index (χ1n) is 2.86. The van der Waals surface area contributed by atoms with Crippen molar-refractivity contribution in [3.63, 3.8) is 0 Å². The minimum Gasteiger partial charge on any atom is -0.484 e. The quantitative estimate of drug-likeness (QED) is 0.478. The fraction of sp³-hybridized carbons (Fsp3) is 0.286. The zero-order valence-electron chi connectivity index (χ0n) is 5.37. The van der Waals surface area contributed by atoms with E-state index in [1.54, 1.807) is 13.3 Å². The molecular formula is C7H9NO.